The van der Waals surface area contributed by atoms with Crippen molar-refractivity contribution in [2.75, 3.05) is 5.32 Å². The molecule has 3 aromatic rings. The molecule has 0 saturated heterocycles. The van der Waals surface area contributed by atoms with Crippen LogP contribution in [0.4, 0.5) is 5.82 Å². The van der Waals surface area contributed by atoms with Crippen LogP contribution in [0.25, 0.3) is 22.2 Å². The van der Waals surface area contributed by atoms with Gasteiger partial charge in [-0.2, -0.15) is 0 Å². The van der Waals surface area contributed by atoms with E-state index < -0.39 is 0 Å². The summed E-state index contributed by atoms with van der Waals surface area (Å²) in [6.07, 6.45) is 1.53. The largest absolute Gasteiger partial charge is 0.431 e. The lowest BCUT2D eigenvalue weighted by Gasteiger charge is -2.10. The third-order valence-electron chi connectivity index (χ3n) is 2.93. The van der Waals surface area contributed by atoms with E-state index in [1.165, 1.54) is 6.33 Å². The van der Waals surface area contributed by atoms with Gasteiger partial charge in [-0.05, 0) is 19.4 Å². The number of anilines is 1. The fourth-order valence-electron chi connectivity index (χ4n) is 2.15. The Kier molecular flexibility index (Phi) is 3.60. The highest BCUT2D eigenvalue weighted by Gasteiger charge is 2.19. The average Bonchev–Trinajstić information content (AvgIpc) is 2.76. The SMILES string of the molecule is CC(C)Nc1ncnc2oc(I)c(-c3ccccc3)c12. The van der Waals surface area contributed by atoms with E-state index in [9.17, 15) is 0 Å². The predicted molar refractivity (Wildman–Crippen MR) is 88.7 cm³/mol. The maximum atomic E-state index is 5.77. The van der Waals surface area contributed by atoms with E-state index in [0.717, 1.165) is 26.1 Å². The molecule has 0 aliphatic heterocycles. The van der Waals surface area contributed by atoms with Crippen molar-refractivity contribution in [1.29, 1.82) is 0 Å². The van der Waals surface area contributed by atoms with E-state index in [0.29, 0.717) is 11.8 Å². The molecule has 3 rings (SSSR count). The Hall–Kier alpha value is -1.63. The summed E-state index contributed by atoms with van der Waals surface area (Å²) in [7, 11) is 0. The Morgan fingerprint density at radius 3 is 2.60 bits per heavy atom. The van der Waals surface area contributed by atoms with Crippen LogP contribution in [0.2, 0.25) is 0 Å². The van der Waals surface area contributed by atoms with E-state index in [1.54, 1.807) is 0 Å². The smallest absolute Gasteiger partial charge is 0.233 e. The normalized spacial score (nSPS) is 11.2. The molecule has 0 aliphatic carbocycles. The van der Waals surface area contributed by atoms with Crippen LogP contribution >= 0.6 is 22.6 Å². The first-order valence-electron chi connectivity index (χ1n) is 6.41. The van der Waals surface area contributed by atoms with Gasteiger partial charge in [-0.15, -0.1) is 0 Å². The molecule has 0 fully saturated rings. The summed E-state index contributed by atoms with van der Waals surface area (Å²) in [5.41, 5.74) is 2.77. The van der Waals surface area contributed by atoms with Crippen LogP contribution in [-0.2, 0) is 0 Å². The summed E-state index contributed by atoms with van der Waals surface area (Å²) in [6, 6.07) is 10.5. The molecule has 0 amide bonds. The van der Waals surface area contributed by atoms with Gasteiger partial charge in [-0.25, -0.2) is 9.97 Å². The minimum atomic E-state index is 0.296. The zero-order valence-electron chi connectivity index (χ0n) is 11.2. The number of aromatic nitrogens is 2. The van der Waals surface area contributed by atoms with Crippen molar-refractivity contribution < 1.29 is 4.42 Å². The van der Waals surface area contributed by atoms with Gasteiger partial charge in [-0.1, -0.05) is 30.3 Å². The van der Waals surface area contributed by atoms with Crippen molar-refractivity contribution in [3.63, 3.8) is 0 Å². The highest BCUT2D eigenvalue weighted by molar-refractivity contribution is 14.1. The molecule has 1 N–H and O–H groups in total. The summed E-state index contributed by atoms with van der Waals surface area (Å²) in [5, 5.41) is 4.30. The van der Waals surface area contributed by atoms with E-state index in [2.05, 4.69) is 63.9 Å². The van der Waals surface area contributed by atoms with Crippen molar-refractivity contribution in [3.05, 3.63) is 40.4 Å². The molecule has 20 heavy (non-hydrogen) atoms. The summed E-state index contributed by atoms with van der Waals surface area (Å²) >= 11 is 2.21. The lowest BCUT2D eigenvalue weighted by atomic mass is 10.1. The van der Waals surface area contributed by atoms with Gasteiger partial charge in [0.05, 0.1) is 5.39 Å². The highest BCUT2D eigenvalue weighted by Crippen LogP contribution is 2.37. The number of benzene rings is 1. The molecule has 2 aromatic heterocycles. The third kappa shape index (κ3) is 2.37. The van der Waals surface area contributed by atoms with Crippen molar-refractivity contribution in [1.82, 2.24) is 9.97 Å². The Labute approximate surface area is 130 Å². The molecule has 0 spiro atoms. The Bertz CT molecular complexity index is 737. The van der Waals surface area contributed by atoms with Gasteiger partial charge < -0.3 is 9.73 Å². The monoisotopic (exact) mass is 379 g/mol. The Morgan fingerprint density at radius 2 is 1.90 bits per heavy atom. The first-order chi connectivity index (χ1) is 9.66. The standard InChI is InChI=1S/C15H14IN3O/c1-9(2)19-14-12-11(10-6-4-3-5-7-10)13(16)20-15(12)18-8-17-14/h3-9H,1-2H3,(H,17,18,19). The van der Waals surface area contributed by atoms with Gasteiger partial charge in [0.2, 0.25) is 5.71 Å². The Balaban J connectivity index is 2.28. The van der Waals surface area contributed by atoms with Gasteiger partial charge in [0.15, 0.2) is 3.77 Å². The predicted octanol–water partition coefficient (Wildman–Crippen LogP) is 4.31. The maximum absolute atomic E-state index is 5.77. The summed E-state index contributed by atoms with van der Waals surface area (Å²) in [4.78, 5) is 8.59. The molecule has 4 nitrogen and oxygen atoms in total. The Morgan fingerprint density at radius 1 is 1.15 bits per heavy atom. The second-order valence-electron chi connectivity index (χ2n) is 4.82. The lowest BCUT2D eigenvalue weighted by molar-refractivity contribution is 0.573. The number of fused-ring (bicyclic) bond motifs is 1. The van der Waals surface area contributed by atoms with E-state index in [1.807, 2.05) is 18.2 Å². The average molecular weight is 379 g/mol. The molecule has 0 atom stereocenters. The third-order valence-corrected chi connectivity index (χ3v) is 3.69. The van der Waals surface area contributed by atoms with Gasteiger partial charge in [0.25, 0.3) is 0 Å². The fourth-order valence-corrected chi connectivity index (χ4v) is 2.94. The molecule has 2 heterocycles. The van der Waals surface area contributed by atoms with Gasteiger partial charge in [0.1, 0.15) is 12.1 Å². The molecule has 0 bridgehead atoms. The van der Waals surface area contributed by atoms with Crippen LogP contribution in [0.15, 0.2) is 41.1 Å². The molecule has 0 unspecified atom stereocenters. The number of furan rings is 1. The highest BCUT2D eigenvalue weighted by atomic mass is 127. The van der Waals surface area contributed by atoms with Crippen molar-refractivity contribution in [2.45, 2.75) is 19.9 Å². The van der Waals surface area contributed by atoms with Crippen molar-refractivity contribution in [2.24, 2.45) is 0 Å². The summed E-state index contributed by atoms with van der Waals surface area (Å²) in [6.45, 7) is 4.17. The summed E-state index contributed by atoms with van der Waals surface area (Å²) in [5.74, 6) is 0.815. The minimum Gasteiger partial charge on any atom is -0.431 e. The van der Waals surface area contributed by atoms with Crippen LogP contribution in [-0.4, -0.2) is 16.0 Å². The van der Waals surface area contributed by atoms with Gasteiger partial charge >= 0.3 is 0 Å². The topological polar surface area (TPSA) is 51.0 Å². The maximum Gasteiger partial charge on any atom is 0.233 e. The molecular weight excluding hydrogens is 365 g/mol. The first kappa shape index (κ1) is 13.4. The molecule has 0 saturated carbocycles. The first-order valence-corrected chi connectivity index (χ1v) is 7.49. The fraction of sp³-hybridized carbons (Fsp3) is 0.200. The van der Waals surface area contributed by atoms with Crippen LogP contribution in [0, 0.1) is 3.77 Å². The molecule has 5 heteroatoms. The lowest BCUT2D eigenvalue weighted by Crippen LogP contribution is -2.11. The van der Waals surface area contributed by atoms with E-state index in [-0.39, 0.29) is 0 Å². The number of nitrogens with one attached hydrogen (secondary N) is 1. The van der Waals surface area contributed by atoms with Crippen molar-refractivity contribution in [3.8, 4) is 11.1 Å². The number of hydrogen-bond acceptors (Lipinski definition) is 4. The van der Waals surface area contributed by atoms with Gasteiger partial charge in [-0.3, -0.25) is 0 Å². The van der Waals surface area contributed by atoms with E-state index >= 15 is 0 Å². The van der Waals surface area contributed by atoms with Crippen LogP contribution < -0.4 is 5.32 Å². The second kappa shape index (κ2) is 5.40. The van der Waals surface area contributed by atoms with Crippen molar-refractivity contribution >= 4 is 39.5 Å². The number of hydrogen-bond donors (Lipinski definition) is 1. The van der Waals surface area contributed by atoms with Crippen LogP contribution in [0.5, 0.6) is 0 Å². The quantitative estimate of drug-likeness (QED) is 0.689. The molecular formula is C15H14IN3O. The van der Waals surface area contributed by atoms with Crippen LogP contribution in [0.1, 0.15) is 13.8 Å². The number of rotatable bonds is 3. The molecule has 1 aromatic carbocycles. The van der Waals surface area contributed by atoms with E-state index in [4.69, 9.17) is 4.42 Å². The molecule has 102 valence electrons. The second-order valence-corrected chi connectivity index (χ2v) is 5.80. The zero-order valence-corrected chi connectivity index (χ0v) is 13.4. The minimum absolute atomic E-state index is 0.296. The zero-order chi connectivity index (χ0) is 14.1. The molecule has 0 radical (unpaired) electrons. The van der Waals surface area contributed by atoms with Crippen LogP contribution in [0.3, 0.4) is 0 Å². The molecule has 0 aliphatic rings. The number of halogens is 1. The summed E-state index contributed by atoms with van der Waals surface area (Å²) < 4.78 is 6.60. The number of nitrogens with zero attached hydrogens (tertiary/aromatic N) is 2. The van der Waals surface area contributed by atoms with Gasteiger partial charge in [0, 0.05) is 34.2 Å².